The average Bonchev–Trinajstić information content (AvgIpc) is 2.33. The summed E-state index contributed by atoms with van der Waals surface area (Å²) in [5, 5.41) is 0. The molecule has 5 heteroatoms. The Hall–Kier alpha value is -1.62. The number of rotatable bonds is 3. The molecule has 2 aromatic carbocycles. The van der Waals surface area contributed by atoms with Gasteiger partial charge >= 0.3 is 0 Å². The third kappa shape index (κ3) is 2.79. The van der Waals surface area contributed by atoms with E-state index in [9.17, 15) is 8.78 Å². The summed E-state index contributed by atoms with van der Waals surface area (Å²) in [5.74, 6) is -0.836. The molecule has 0 aliphatic carbocycles. The molecule has 2 rings (SSSR count). The van der Waals surface area contributed by atoms with Crippen LogP contribution in [0.1, 0.15) is 5.56 Å². The Morgan fingerprint density at radius 2 is 1.89 bits per heavy atom. The summed E-state index contributed by atoms with van der Waals surface area (Å²) < 4.78 is 32.3. The van der Waals surface area contributed by atoms with Gasteiger partial charge in [0.15, 0.2) is 11.6 Å². The van der Waals surface area contributed by atoms with E-state index < -0.39 is 5.82 Å². The van der Waals surface area contributed by atoms with Crippen molar-refractivity contribution >= 4 is 21.6 Å². The molecule has 18 heavy (non-hydrogen) atoms. The predicted molar refractivity (Wildman–Crippen MR) is 69.2 cm³/mol. The summed E-state index contributed by atoms with van der Waals surface area (Å²) >= 11 is 3.12. The first-order valence-electron chi connectivity index (χ1n) is 5.18. The van der Waals surface area contributed by atoms with Gasteiger partial charge in [0.05, 0.1) is 4.47 Å². The third-order valence-electron chi connectivity index (χ3n) is 2.37. The second-order valence-electron chi connectivity index (χ2n) is 3.69. The van der Waals surface area contributed by atoms with Gasteiger partial charge in [0, 0.05) is 17.3 Å². The topological polar surface area (TPSA) is 35.2 Å². The van der Waals surface area contributed by atoms with E-state index in [2.05, 4.69) is 15.9 Å². The molecule has 0 aliphatic rings. The van der Waals surface area contributed by atoms with Crippen molar-refractivity contribution in [2.24, 2.45) is 0 Å². The Morgan fingerprint density at radius 1 is 1.11 bits per heavy atom. The summed E-state index contributed by atoms with van der Waals surface area (Å²) in [6.07, 6.45) is 0. The van der Waals surface area contributed by atoms with Crippen LogP contribution in [0.5, 0.6) is 5.75 Å². The molecule has 0 saturated carbocycles. The number of ether oxygens (including phenoxy) is 1. The van der Waals surface area contributed by atoms with E-state index >= 15 is 0 Å². The molecule has 0 bridgehead atoms. The molecule has 94 valence electrons. The number of hydrogen-bond acceptors (Lipinski definition) is 2. The van der Waals surface area contributed by atoms with Gasteiger partial charge in [-0.2, -0.15) is 0 Å². The second-order valence-corrected chi connectivity index (χ2v) is 4.48. The van der Waals surface area contributed by atoms with Crippen molar-refractivity contribution < 1.29 is 13.5 Å². The first-order chi connectivity index (χ1) is 8.58. The quantitative estimate of drug-likeness (QED) is 0.873. The predicted octanol–water partition coefficient (Wildman–Crippen LogP) is 3.89. The fraction of sp³-hybridized carbons (Fsp3) is 0.0769. The van der Waals surface area contributed by atoms with Gasteiger partial charge in [0.2, 0.25) is 0 Å². The minimum atomic E-state index is -0.539. The Kier molecular flexibility index (Phi) is 3.81. The number of benzene rings is 2. The Bertz CT molecular complexity index is 575. The maximum absolute atomic E-state index is 13.4. The molecular weight excluding hydrogens is 304 g/mol. The van der Waals surface area contributed by atoms with Crippen LogP contribution >= 0.6 is 15.9 Å². The lowest BCUT2D eigenvalue weighted by Gasteiger charge is -2.09. The zero-order valence-electron chi connectivity index (χ0n) is 9.29. The first-order valence-corrected chi connectivity index (χ1v) is 5.98. The van der Waals surface area contributed by atoms with Crippen molar-refractivity contribution in [3.8, 4) is 5.75 Å². The highest BCUT2D eigenvalue weighted by atomic mass is 79.9. The Labute approximate surface area is 112 Å². The van der Waals surface area contributed by atoms with E-state index in [1.807, 2.05) is 0 Å². The van der Waals surface area contributed by atoms with Crippen LogP contribution in [0.4, 0.5) is 14.5 Å². The SMILES string of the molecule is Nc1ccc(OCc2cccc(F)c2Br)c(F)c1. The molecule has 0 fully saturated rings. The summed E-state index contributed by atoms with van der Waals surface area (Å²) in [7, 11) is 0. The minimum absolute atomic E-state index is 0.0686. The van der Waals surface area contributed by atoms with Crippen molar-refractivity contribution in [1.82, 2.24) is 0 Å². The maximum atomic E-state index is 13.4. The van der Waals surface area contributed by atoms with Gasteiger partial charge in [-0.1, -0.05) is 12.1 Å². The molecule has 0 unspecified atom stereocenters. The van der Waals surface area contributed by atoms with Gasteiger partial charge in [0.1, 0.15) is 12.4 Å². The maximum Gasteiger partial charge on any atom is 0.167 e. The van der Waals surface area contributed by atoms with Crippen LogP contribution < -0.4 is 10.5 Å². The lowest BCUT2D eigenvalue weighted by atomic mass is 10.2. The fourth-order valence-corrected chi connectivity index (χ4v) is 1.83. The van der Waals surface area contributed by atoms with E-state index in [1.165, 1.54) is 18.2 Å². The van der Waals surface area contributed by atoms with Gasteiger partial charge in [-0.3, -0.25) is 0 Å². The highest BCUT2D eigenvalue weighted by Gasteiger charge is 2.08. The van der Waals surface area contributed by atoms with E-state index in [4.69, 9.17) is 10.5 Å². The van der Waals surface area contributed by atoms with Crippen molar-refractivity contribution in [3.05, 3.63) is 58.1 Å². The van der Waals surface area contributed by atoms with E-state index in [1.54, 1.807) is 18.2 Å². The summed E-state index contributed by atoms with van der Waals surface area (Å²) in [5.41, 5.74) is 6.35. The summed E-state index contributed by atoms with van der Waals surface area (Å²) in [6.45, 7) is 0.0686. The molecule has 0 atom stereocenters. The third-order valence-corrected chi connectivity index (χ3v) is 3.26. The summed E-state index contributed by atoms with van der Waals surface area (Å²) in [4.78, 5) is 0. The van der Waals surface area contributed by atoms with Crippen LogP contribution in [0.3, 0.4) is 0 Å². The number of nitrogen functional groups attached to an aromatic ring is 1. The molecule has 0 spiro atoms. The zero-order chi connectivity index (χ0) is 13.1. The van der Waals surface area contributed by atoms with Gasteiger partial charge < -0.3 is 10.5 Å². The second kappa shape index (κ2) is 5.35. The monoisotopic (exact) mass is 313 g/mol. The van der Waals surface area contributed by atoms with Crippen LogP contribution in [0, 0.1) is 11.6 Å². The molecule has 0 saturated heterocycles. The van der Waals surface area contributed by atoms with Crippen LogP contribution in [-0.4, -0.2) is 0 Å². The van der Waals surface area contributed by atoms with Gasteiger partial charge in [-0.15, -0.1) is 0 Å². The molecule has 0 amide bonds. The van der Waals surface area contributed by atoms with Gasteiger partial charge in [0.25, 0.3) is 0 Å². The highest BCUT2D eigenvalue weighted by Crippen LogP contribution is 2.24. The first kappa shape index (κ1) is 12.8. The summed E-state index contributed by atoms with van der Waals surface area (Å²) in [6, 6.07) is 8.75. The standard InChI is InChI=1S/C13H10BrF2NO/c14-13-8(2-1-3-10(13)15)7-18-12-5-4-9(17)6-11(12)16/h1-6H,7,17H2. The van der Waals surface area contributed by atoms with Gasteiger partial charge in [-0.25, -0.2) is 8.78 Å². The van der Waals surface area contributed by atoms with E-state index in [-0.39, 0.29) is 18.2 Å². The lowest BCUT2D eigenvalue weighted by molar-refractivity contribution is 0.289. The molecule has 2 nitrogen and oxygen atoms in total. The smallest absolute Gasteiger partial charge is 0.167 e. The van der Waals surface area contributed by atoms with Crippen molar-refractivity contribution in [2.75, 3.05) is 5.73 Å². The van der Waals surface area contributed by atoms with Crippen LogP contribution in [0.25, 0.3) is 0 Å². The van der Waals surface area contributed by atoms with Crippen molar-refractivity contribution in [3.63, 3.8) is 0 Å². The van der Waals surface area contributed by atoms with Gasteiger partial charge in [-0.05, 0) is 34.1 Å². The molecule has 0 radical (unpaired) electrons. The normalized spacial score (nSPS) is 10.4. The minimum Gasteiger partial charge on any atom is -0.486 e. The Morgan fingerprint density at radius 3 is 2.61 bits per heavy atom. The molecule has 2 N–H and O–H groups in total. The number of anilines is 1. The number of halogens is 3. The molecule has 2 aromatic rings. The largest absolute Gasteiger partial charge is 0.486 e. The number of nitrogens with two attached hydrogens (primary N) is 1. The lowest BCUT2D eigenvalue weighted by Crippen LogP contribution is -2.00. The highest BCUT2D eigenvalue weighted by molar-refractivity contribution is 9.10. The van der Waals surface area contributed by atoms with Crippen molar-refractivity contribution in [2.45, 2.75) is 6.61 Å². The average molecular weight is 314 g/mol. The molecule has 0 heterocycles. The number of hydrogen-bond donors (Lipinski definition) is 1. The van der Waals surface area contributed by atoms with E-state index in [0.717, 1.165) is 0 Å². The van der Waals surface area contributed by atoms with E-state index in [0.29, 0.717) is 15.7 Å². The van der Waals surface area contributed by atoms with Crippen LogP contribution in [-0.2, 0) is 6.61 Å². The van der Waals surface area contributed by atoms with Crippen LogP contribution in [0.2, 0.25) is 0 Å². The fourth-order valence-electron chi connectivity index (χ4n) is 1.45. The van der Waals surface area contributed by atoms with Crippen LogP contribution in [0.15, 0.2) is 40.9 Å². The van der Waals surface area contributed by atoms with Crippen molar-refractivity contribution in [1.29, 1.82) is 0 Å². The zero-order valence-corrected chi connectivity index (χ0v) is 10.9. The molecule has 0 aromatic heterocycles. The Balaban J connectivity index is 2.14. The molecule has 0 aliphatic heterocycles. The molecular formula is C13H10BrF2NO.